The number of fused-ring (bicyclic) bond motifs is 1. The zero-order valence-electron chi connectivity index (χ0n) is 21.5. The molecule has 200 valence electrons. The van der Waals surface area contributed by atoms with Gasteiger partial charge in [-0.25, -0.2) is 12.8 Å². The Bertz CT molecular complexity index is 1610. The number of rotatable bonds is 10. The van der Waals surface area contributed by atoms with Gasteiger partial charge in [-0.1, -0.05) is 11.6 Å². The number of sulfone groups is 1. The number of ketones is 1. The Kier molecular flexibility index (Phi) is 7.75. The summed E-state index contributed by atoms with van der Waals surface area (Å²) in [6.07, 6.45) is 2.70. The number of aryl methyl sites for hydroxylation is 2. The number of nitrogens with one attached hydrogen (secondary N) is 2. The number of carbonyl (C=O) groups excluding carboxylic acids is 1. The third-order valence-electron chi connectivity index (χ3n) is 6.15. The highest BCUT2D eigenvalue weighted by atomic mass is 32.2. The molecule has 0 saturated heterocycles. The van der Waals surface area contributed by atoms with Gasteiger partial charge in [-0.3, -0.25) is 4.79 Å². The van der Waals surface area contributed by atoms with E-state index in [0.29, 0.717) is 16.8 Å². The summed E-state index contributed by atoms with van der Waals surface area (Å²) in [5.74, 6) is -0.587. The molecule has 0 spiro atoms. The number of anilines is 1. The van der Waals surface area contributed by atoms with Crippen molar-refractivity contribution in [3.8, 4) is 11.5 Å². The highest BCUT2D eigenvalue weighted by Gasteiger charge is 2.28. The van der Waals surface area contributed by atoms with Gasteiger partial charge in [0.05, 0.1) is 18.6 Å². The molecular formula is C28H29FN2O6S. The summed E-state index contributed by atoms with van der Waals surface area (Å²) in [6.45, 7) is 3.46. The lowest BCUT2D eigenvalue weighted by molar-refractivity contribution is 0.0969. The largest absolute Gasteiger partial charge is 0.497 e. The average molecular weight is 541 g/mol. The van der Waals surface area contributed by atoms with Crippen molar-refractivity contribution in [1.29, 1.82) is 0 Å². The topological polar surface area (TPSA) is 118 Å². The molecule has 1 unspecified atom stereocenters. The molecule has 38 heavy (non-hydrogen) atoms. The minimum Gasteiger partial charge on any atom is -0.497 e. The summed E-state index contributed by atoms with van der Waals surface area (Å²) < 4.78 is 49.7. The molecule has 0 saturated carbocycles. The van der Waals surface area contributed by atoms with Crippen molar-refractivity contribution in [1.82, 2.24) is 4.98 Å². The zero-order valence-corrected chi connectivity index (χ0v) is 22.3. The van der Waals surface area contributed by atoms with Gasteiger partial charge in [0.1, 0.15) is 30.0 Å². The Morgan fingerprint density at radius 2 is 1.89 bits per heavy atom. The van der Waals surface area contributed by atoms with Crippen LogP contribution in [0.4, 0.5) is 10.1 Å². The van der Waals surface area contributed by atoms with Crippen LogP contribution in [0.25, 0.3) is 10.9 Å². The van der Waals surface area contributed by atoms with E-state index in [1.807, 2.05) is 26.0 Å². The molecule has 0 aliphatic rings. The second-order valence-electron chi connectivity index (χ2n) is 9.07. The number of aromatic amines is 1. The number of benzene rings is 3. The Hall–Kier alpha value is -3.89. The number of halogens is 1. The Balaban J connectivity index is 1.90. The van der Waals surface area contributed by atoms with E-state index < -0.39 is 21.7 Å². The molecule has 4 rings (SSSR count). The molecule has 3 aromatic carbocycles. The van der Waals surface area contributed by atoms with E-state index in [-0.39, 0.29) is 35.4 Å². The average Bonchev–Trinajstić information content (AvgIpc) is 3.29. The van der Waals surface area contributed by atoms with E-state index in [0.717, 1.165) is 34.4 Å². The SMILES string of the molecule is COc1cc(NC(C(=O)c2c[nH]c3c(C)cc(C)cc23)c2ccc(F)cc2OCCO)cc(S(C)(=O)=O)c1. The maximum atomic E-state index is 14.2. The van der Waals surface area contributed by atoms with Crippen LogP contribution in [-0.2, 0) is 9.84 Å². The van der Waals surface area contributed by atoms with Crippen molar-refractivity contribution < 1.29 is 32.2 Å². The highest BCUT2D eigenvalue weighted by Crippen LogP contribution is 2.35. The van der Waals surface area contributed by atoms with Crippen LogP contribution >= 0.6 is 0 Å². The predicted octanol–water partition coefficient (Wildman–Crippen LogP) is 4.74. The standard InChI is InChI=1S/C28H29FN2O6S/c1-16-9-17(2)26-23(10-16)24(15-30-26)28(33)27(22-6-5-18(29)11-25(22)37-8-7-32)31-19-12-20(36-3)14-21(13-19)38(4,34)35/h5-6,9-15,27,30-32H,7-8H2,1-4H3. The number of aliphatic hydroxyl groups excluding tert-OH is 1. The molecule has 8 nitrogen and oxygen atoms in total. The first-order valence-electron chi connectivity index (χ1n) is 11.8. The second kappa shape index (κ2) is 10.8. The van der Waals surface area contributed by atoms with Crippen LogP contribution in [0.1, 0.15) is 33.1 Å². The first kappa shape index (κ1) is 27.2. The van der Waals surface area contributed by atoms with Gasteiger partial charge in [0.2, 0.25) is 0 Å². The third-order valence-corrected chi connectivity index (χ3v) is 7.24. The Morgan fingerprint density at radius 1 is 1.13 bits per heavy atom. The highest BCUT2D eigenvalue weighted by molar-refractivity contribution is 7.90. The second-order valence-corrected chi connectivity index (χ2v) is 11.1. The van der Waals surface area contributed by atoms with Crippen molar-refractivity contribution in [2.75, 3.05) is 31.9 Å². The number of aromatic nitrogens is 1. The molecule has 4 aromatic rings. The van der Waals surface area contributed by atoms with E-state index in [2.05, 4.69) is 10.3 Å². The summed E-state index contributed by atoms with van der Waals surface area (Å²) in [5.41, 5.74) is 3.78. The third kappa shape index (κ3) is 5.66. The summed E-state index contributed by atoms with van der Waals surface area (Å²) in [7, 11) is -2.19. The van der Waals surface area contributed by atoms with Crippen LogP contribution in [0.2, 0.25) is 0 Å². The Morgan fingerprint density at radius 3 is 2.58 bits per heavy atom. The molecule has 10 heteroatoms. The fourth-order valence-electron chi connectivity index (χ4n) is 4.42. The van der Waals surface area contributed by atoms with Gasteiger partial charge >= 0.3 is 0 Å². The molecule has 0 bridgehead atoms. The van der Waals surface area contributed by atoms with Crippen LogP contribution in [0.3, 0.4) is 0 Å². The minimum atomic E-state index is -3.60. The van der Waals surface area contributed by atoms with E-state index in [4.69, 9.17) is 9.47 Å². The number of Topliss-reactive ketones (excluding diaryl/α,β-unsaturated/α-hetero) is 1. The number of hydrogen-bond donors (Lipinski definition) is 3. The summed E-state index contributed by atoms with van der Waals surface area (Å²) in [4.78, 5) is 17.3. The molecule has 0 amide bonds. The molecular weight excluding hydrogens is 511 g/mol. The van der Waals surface area contributed by atoms with Crippen LogP contribution in [0.5, 0.6) is 11.5 Å². The van der Waals surface area contributed by atoms with E-state index >= 15 is 0 Å². The van der Waals surface area contributed by atoms with Gasteiger partial charge in [0.25, 0.3) is 0 Å². The minimum absolute atomic E-state index is 0.000229. The van der Waals surface area contributed by atoms with Crippen LogP contribution < -0.4 is 14.8 Å². The summed E-state index contributed by atoms with van der Waals surface area (Å²) in [5, 5.41) is 13.1. The number of carbonyl (C=O) groups is 1. The molecule has 1 heterocycles. The van der Waals surface area contributed by atoms with Gasteiger partial charge in [-0.2, -0.15) is 0 Å². The van der Waals surface area contributed by atoms with Crippen LogP contribution in [0, 0.1) is 19.7 Å². The van der Waals surface area contributed by atoms with Crippen molar-refractivity contribution in [2.45, 2.75) is 24.8 Å². The summed E-state index contributed by atoms with van der Waals surface area (Å²) >= 11 is 0. The molecule has 1 aromatic heterocycles. The van der Waals surface area contributed by atoms with E-state index in [1.165, 1.54) is 31.4 Å². The predicted molar refractivity (Wildman–Crippen MR) is 144 cm³/mol. The van der Waals surface area contributed by atoms with Crippen molar-refractivity contribution >= 4 is 32.2 Å². The van der Waals surface area contributed by atoms with E-state index in [1.54, 1.807) is 12.3 Å². The van der Waals surface area contributed by atoms with E-state index in [9.17, 15) is 22.7 Å². The maximum absolute atomic E-state index is 14.2. The lowest BCUT2D eigenvalue weighted by atomic mass is 9.94. The number of methoxy groups -OCH3 is 1. The number of ether oxygens (including phenoxy) is 2. The monoisotopic (exact) mass is 540 g/mol. The van der Waals surface area contributed by atoms with Crippen LogP contribution in [0.15, 0.2) is 59.6 Å². The molecule has 0 aliphatic heterocycles. The van der Waals surface area contributed by atoms with Crippen LogP contribution in [-0.4, -0.2) is 50.9 Å². The Labute approximate surface area is 220 Å². The lowest BCUT2D eigenvalue weighted by Gasteiger charge is -2.23. The number of aliphatic hydroxyl groups is 1. The number of H-pyrrole nitrogens is 1. The van der Waals surface area contributed by atoms with Gasteiger partial charge < -0.3 is 24.9 Å². The van der Waals surface area contributed by atoms with Gasteiger partial charge in [0.15, 0.2) is 15.6 Å². The fourth-order valence-corrected chi connectivity index (χ4v) is 5.09. The van der Waals surface area contributed by atoms with Gasteiger partial charge in [-0.05, 0) is 49.7 Å². The normalized spacial score (nSPS) is 12.4. The van der Waals surface area contributed by atoms with Crippen molar-refractivity contribution in [3.63, 3.8) is 0 Å². The first-order chi connectivity index (χ1) is 18.0. The van der Waals surface area contributed by atoms with Crippen molar-refractivity contribution in [2.24, 2.45) is 0 Å². The number of hydrogen-bond acceptors (Lipinski definition) is 7. The van der Waals surface area contributed by atoms with Gasteiger partial charge in [0, 0.05) is 52.3 Å². The quantitative estimate of drug-likeness (QED) is 0.249. The lowest BCUT2D eigenvalue weighted by Crippen LogP contribution is -2.23. The molecule has 0 radical (unpaired) electrons. The molecule has 3 N–H and O–H groups in total. The summed E-state index contributed by atoms with van der Waals surface area (Å²) in [6, 6.07) is 10.9. The molecule has 1 atom stereocenters. The fraction of sp³-hybridized carbons (Fsp3) is 0.250. The zero-order chi connectivity index (χ0) is 27.6. The maximum Gasteiger partial charge on any atom is 0.191 e. The smallest absolute Gasteiger partial charge is 0.191 e. The van der Waals surface area contributed by atoms with Gasteiger partial charge in [-0.15, -0.1) is 0 Å². The first-order valence-corrected chi connectivity index (χ1v) is 13.7. The molecule has 0 fully saturated rings. The van der Waals surface area contributed by atoms with Crippen molar-refractivity contribution in [3.05, 3.63) is 82.8 Å². The molecule has 0 aliphatic carbocycles.